The predicted molar refractivity (Wildman–Crippen MR) is 215 cm³/mol. The molecule has 0 atom stereocenters. The fourth-order valence-electron chi connectivity index (χ4n) is 6.74. The minimum Gasteiger partial charge on any atom is -0.871 e. The van der Waals surface area contributed by atoms with Gasteiger partial charge in [-0.1, -0.05) is 107 Å². The van der Waals surface area contributed by atoms with Crippen molar-refractivity contribution in [1.29, 1.82) is 0 Å². The molecule has 274 valence electrons. The summed E-state index contributed by atoms with van der Waals surface area (Å²) in [6.45, 7) is 5.64. The number of benzene rings is 4. The second-order valence-electron chi connectivity index (χ2n) is 13.8. The normalized spacial score (nSPS) is 15.2. The first kappa shape index (κ1) is 36.5. The molecule has 0 bridgehead atoms. The van der Waals surface area contributed by atoms with E-state index in [0.29, 0.717) is 36.1 Å². The zero-order valence-corrected chi connectivity index (χ0v) is 31.1. The third kappa shape index (κ3) is 8.34. The number of hydrogen-bond acceptors (Lipinski definition) is 5. The molecule has 5 aromatic rings. The smallest absolute Gasteiger partial charge is 0.365 e. The molecule has 1 aliphatic carbocycles. The molecule has 2 heterocycles. The molecule has 2 aliphatic rings. The largest absolute Gasteiger partial charge is 0.871 e. The highest BCUT2D eigenvalue weighted by Crippen LogP contribution is 2.42. The lowest BCUT2D eigenvalue weighted by Crippen LogP contribution is -2.29. The van der Waals surface area contributed by atoms with E-state index in [0.717, 1.165) is 70.4 Å². The van der Waals surface area contributed by atoms with E-state index in [4.69, 9.17) is 18.6 Å². The van der Waals surface area contributed by atoms with E-state index in [1.54, 1.807) is 12.2 Å². The number of carbonyl (C=O) groups is 1. The van der Waals surface area contributed by atoms with E-state index in [2.05, 4.69) is 13.8 Å². The van der Waals surface area contributed by atoms with Gasteiger partial charge in [-0.3, -0.25) is 4.79 Å². The molecule has 1 aliphatic heterocycles. The SMILES string of the molecule is CCCCCCOc1ccc2c(c1)OC(c1ccccc1)=C/C2=C\C1=C([O-])C(=C\c2cc(-c3ccccc3)[o+]c3cc(OCCCCCC)ccc23)/C1=O. The van der Waals surface area contributed by atoms with Crippen LogP contribution in [0.15, 0.2) is 137 Å². The Morgan fingerprint density at radius 1 is 0.704 bits per heavy atom. The molecule has 4 aromatic carbocycles. The van der Waals surface area contributed by atoms with Crippen molar-refractivity contribution >= 4 is 34.2 Å². The molecule has 0 fully saturated rings. The van der Waals surface area contributed by atoms with Gasteiger partial charge in [0.2, 0.25) is 0 Å². The molecule has 0 saturated heterocycles. The third-order valence-corrected chi connectivity index (χ3v) is 9.77. The van der Waals surface area contributed by atoms with Crippen LogP contribution in [0.5, 0.6) is 17.2 Å². The van der Waals surface area contributed by atoms with Crippen LogP contribution < -0.4 is 19.3 Å². The highest BCUT2D eigenvalue weighted by Gasteiger charge is 2.29. The minimum atomic E-state index is -0.301. The summed E-state index contributed by atoms with van der Waals surface area (Å²) in [7, 11) is 0. The highest BCUT2D eigenvalue weighted by atomic mass is 16.5. The molecule has 6 nitrogen and oxygen atoms in total. The Morgan fingerprint density at radius 3 is 2.02 bits per heavy atom. The van der Waals surface area contributed by atoms with E-state index in [1.807, 2.05) is 109 Å². The number of ether oxygens (including phenoxy) is 3. The van der Waals surface area contributed by atoms with Crippen molar-refractivity contribution in [3.8, 4) is 28.6 Å². The third-order valence-electron chi connectivity index (χ3n) is 9.77. The summed E-state index contributed by atoms with van der Waals surface area (Å²) in [6, 6.07) is 32.9. The Hall–Kier alpha value is -5.88. The van der Waals surface area contributed by atoms with E-state index in [-0.39, 0.29) is 22.7 Å². The number of hydrogen-bond donors (Lipinski definition) is 0. The Morgan fingerprint density at radius 2 is 1.35 bits per heavy atom. The summed E-state index contributed by atoms with van der Waals surface area (Å²) in [4.78, 5) is 13.8. The minimum absolute atomic E-state index is 0.135. The first-order chi connectivity index (χ1) is 26.5. The van der Waals surface area contributed by atoms with Crippen molar-refractivity contribution in [3.05, 3.63) is 149 Å². The van der Waals surface area contributed by atoms with Crippen molar-refractivity contribution in [2.75, 3.05) is 13.2 Å². The van der Waals surface area contributed by atoms with Crippen LogP contribution in [0.3, 0.4) is 0 Å². The van der Waals surface area contributed by atoms with Crippen molar-refractivity contribution in [3.63, 3.8) is 0 Å². The van der Waals surface area contributed by atoms with E-state index in [9.17, 15) is 9.90 Å². The zero-order chi connectivity index (χ0) is 37.3. The summed E-state index contributed by atoms with van der Waals surface area (Å²) in [5.74, 6) is 2.70. The molecule has 0 spiro atoms. The number of allylic oxidation sites excluding steroid dienone is 5. The van der Waals surface area contributed by atoms with E-state index < -0.39 is 0 Å². The molecule has 0 unspecified atom stereocenters. The van der Waals surface area contributed by atoms with Gasteiger partial charge in [-0.05, 0) is 73.0 Å². The van der Waals surface area contributed by atoms with Crippen molar-refractivity contribution in [1.82, 2.24) is 0 Å². The molecule has 0 radical (unpaired) electrons. The quantitative estimate of drug-likeness (QED) is 0.0574. The lowest BCUT2D eigenvalue weighted by Gasteiger charge is -2.30. The number of fused-ring (bicyclic) bond motifs is 2. The van der Waals surface area contributed by atoms with E-state index in [1.165, 1.54) is 25.7 Å². The molecular weight excluding hydrogens is 673 g/mol. The van der Waals surface area contributed by atoms with Crippen LogP contribution in [-0.4, -0.2) is 19.0 Å². The fraction of sp³-hybridized carbons (Fsp3) is 0.250. The van der Waals surface area contributed by atoms with Crippen molar-refractivity contribution in [2.45, 2.75) is 65.2 Å². The second kappa shape index (κ2) is 17.3. The zero-order valence-electron chi connectivity index (χ0n) is 31.1. The summed E-state index contributed by atoms with van der Waals surface area (Å²) >= 11 is 0. The predicted octanol–water partition coefficient (Wildman–Crippen LogP) is 11.4. The molecule has 54 heavy (non-hydrogen) atoms. The van der Waals surface area contributed by atoms with Gasteiger partial charge in [0.05, 0.1) is 36.3 Å². The summed E-state index contributed by atoms with van der Waals surface area (Å²) < 4.78 is 24.9. The lowest BCUT2D eigenvalue weighted by atomic mass is 9.84. The van der Waals surface area contributed by atoms with Gasteiger partial charge in [-0.15, -0.1) is 0 Å². The molecular formula is C48H46O6. The molecule has 0 amide bonds. The lowest BCUT2D eigenvalue weighted by molar-refractivity contribution is -0.300. The average Bonchev–Trinajstić information content (AvgIpc) is 3.21. The van der Waals surface area contributed by atoms with Gasteiger partial charge >= 0.3 is 11.3 Å². The van der Waals surface area contributed by atoms with Crippen LogP contribution in [-0.2, 0) is 4.79 Å². The van der Waals surface area contributed by atoms with Gasteiger partial charge in [-0.25, -0.2) is 4.42 Å². The van der Waals surface area contributed by atoms with Gasteiger partial charge in [0.1, 0.15) is 23.0 Å². The Kier molecular flexibility index (Phi) is 11.7. The van der Waals surface area contributed by atoms with Crippen LogP contribution in [0.25, 0.3) is 39.7 Å². The number of ketones is 1. The maximum absolute atomic E-state index is 13.8. The number of Topliss-reactive ketones (excluding diaryl/α,β-unsaturated/α-hetero) is 1. The summed E-state index contributed by atoms with van der Waals surface area (Å²) in [6.07, 6.45) is 14.2. The number of rotatable bonds is 16. The number of carbonyl (C=O) groups excluding carboxylic acids is 1. The van der Waals surface area contributed by atoms with Gasteiger partial charge in [0.15, 0.2) is 5.78 Å². The van der Waals surface area contributed by atoms with Gasteiger partial charge < -0.3 is 19.3 Å². The molecule has 6 heteroatoms. The van der Waals surface area contributed by atoms with Crippen LogP contribution >= 0.6 is 0 Å². The van der Waals surface area contributed by atoms with Crippen LogP contribution in [0.2, 0.25) is 0 Å². The van der Waals surface area contributed by atoms with Crippen LogP contribution in [0.4, 0.5) is 0 Å². The molecule has 1 aromatic heterocycles. The monoisotopic (exact) mass is 718 g/mol. The van der Waals surface area contributed by atoms with Crippen molar-refractivity contribution < 1.29 is 28.5 Å². The maximum Gasteiger partial charge on any atom is 0.365 e. The molecule has 0 N–H and O–H groups in total. The van der Waals surface area contributed by atoms with Crippen LogP contribution in [0, 0.1) is 0 Å². The van der Waals surface area contributed by atoms with Crippen LogP contribution in [0.1, 0.15) is 81.9 Å². The Balaban J connectivity index is 1.22. The van der Waals surface area contributed by atoms with Crippen molar-refractivity contribution in [2.24, 2.45) is 0 Å². The Bertz CT molecular complexity index is 2240. The van der Waals surface area contributed by atoms with Gasteiger partial charge in [0.25, 0.3) is 0 Å². The maximum atomic E-state index is 13.8. The molecule has 0 saturated carbocycles. The molecule has 7 rings (SSSR count). The first-order valence-corrected chi connectivity index (χ1v) is 19.2. The summed E-state index contributed by atoms with van der Waals surface area (Å²) in [5, 5.41) is 14.6. The van der Waals surface area contributed by atoms with Gasteiger partial charge in [-0.2, -0.15) is 0 Å². The van der Waals surface area contributed by atoms with E-state index >= 15 is 0 Å². The topological polar surface area (TPSA) is 79.1 Å². The first-order valence-electron chi connectivity index (χ1n) is 19.2. The van der Waals surface area contributed by atoms with Gasteiger partial charge in [0, 0.05) is 33.9 Å². The summed E-state index contributed by atoms with van der Waals surface area (Å²) in [5.41, 5.74) is 4.88. The second-order valence-corrected chi connectivity index (χ2v) is 13.8. The standard InChI is InChI=1S/C48H46O6/c1-3-5-7-15-25-51-37-21-23-39-35(29-43(53-45(39)31-37)33-17-11-9-12-18-33)27-41-47(49)42(48(41)50)28-36-30-44(34-19-13-10-14-20-34)54-46-32-38(22-24-40(36)46)52-26-16-8-6-4-2/h9-14,17-24,27-32H,3-8,15-16,25-26H2,1-2H3. The average molecular weight is 719 g/mol. The fourth-order valence-corrected chi connectivity index (χ4v) is 6.74. The number of unbranched alkanes of at least 4 members (excludes halogenated alkanes) is 6. The highest BCUT2D eigenvalue weighted by molar-refractivity contribution is 6.24. The Labute approximate surface area is 317 Å².